The molecule has 0 aromatic heterocycles. The van der Waals surface area contributed by atoms with E-state index in [-0.39, 0.29) is 0 Å². The van der Waals surface area contributed by atoms with Crippen molar-refractivity contribution in [2.45, 2.75) is 0 Å². The Balaban J connectivity index is 1.59. The van der Waals surface area contributed by atoms with Gasteiger partial charge in [-0.05, 0) is 48.0 Å². The van der Waals surface area contributed by atoms with Gasteiger partial charge in [-0.2, -0.15) is 0 Å². The van der Waals surface area contributed by atoms with Crippen LogP contribution in [0, 0.1) is 0 Å². The Morgan fingerprint density at radius 2 is 1.26 bits per heavy atom. The summed E-state index contributed by atoms with van der Waals surface area (Å²) < 4.78 is 0. The summed E-state index contributed by atoms with van der Waals surface area (Å²) >= 11 is 0. The van der Waals surface area contributed by atoms with E-state index in [1.54, 1.807) is 0 Å². The number of hydrogen-bond donors (Lipinski definition) is 1. The lowest BCUT2D eigenvalue weighted by Gasteiger charge is -2.05. The van der Waals surface area contributed by atoms with E-state index in [0.717, 1.165) is 17.1 Å². The average molecular weight is 298 g/mol. The Morgan fingerprint density at radius 1 is 0.652 bits per heavy atom. The summed E-state index contributed by atoms with van der Waals surface area (Å²) in [4.78, 5) is 4.43. The molecule has 0 saturated heterocycles. The second kappa shape index (κ2) is 7.76. The standard InChI is InChI=1S/C21H18N2/c1-3-8-18(9-4-1)10-7-17-22-19-13-15-21(16-14-19)23-20-11-5-2-6-12-20/h1-17,23H. The van der Waals surface area contributed by atoms with Crippen molar-refractivity contribution < 1.29 is 0 Å². The molecule has 0 bridgehead atoms. The summed E-state index contributed by atoms with van der Waals surface area (Å²) in [5.74, 6) is 0. The Hall–Kier alpha value is -3.13. The van der Waals surface area contributed by atoms with E-state index < -0.39 is 0 Å². The summed E-state index contributed by atoms with van der Waals surface area (Å²) in [5, 5.41) is 3.35. The summed E-state index contributed by atoms with van der Waals surface area (Å²) in [7, 11) is 0. The molecule has 112 valence electrons. The van der Waals surface area contributed by atoms with Gasteiger partial charge >= 0.3 is 0 Å². The summed E-state index contributed by atoms with van der Waals surface area (Å²) in [5.41, 5.74) is 4.23. The fraction of sp³-hybridized carbons (Fsp3) is 0. The molecule has 0 saturated carbocycles. The van der Waals surface area contributed by atoms with Gasteiger partial charge in [-0.15, -0.1) is 0 Å². The van der Waals surface area contributed by atoms with Crippen molar-refractivity contribution in [1.29, 1.82) is 0 Å². The van der Waals surface area contributed by atoms with Gasteiger partial charge < -0.3 is 5.32 Å². The quantitative estimate of drug-likeness (QED) is 0.587. The third kappa shape index (κ3) is 4.68. The highest BCUT2D eigenvalue weighted by Crippen LogP contribution is 2.19. The van der Waals surface area contributed by atoms with Crippen LogP contribution in [0.2, 0.25) is 0 Å². The number of aliphatic imine (C=N–C) groups is 1. The zero-order chi connectivity index (χ0) is 15.7. The van der Waals surface area contributed by atoms with Gasteiger partial charge in [0.15, 0.2) is 0 Å². The van der Waals surface area contributed by atoms with Crippen molar-refractivity contribution in [2.24, 2.45) is 4.99 Å². The van der Waals surface area contributed by atoms with Gasteiger partial charge in [0.25, 0.3) is 0 Å². The highest BCUT2D eigenvalue weighted by Gasteiger charge is 1.93. The molecule has 0 radical (unpaired) electrons. The van der Waals surface area contributed by atoms with Crippen molar-refractivity contribution in [3.05, 3.63) is 96.6 Å². The minimum absolute atomic E-state index is 0.932. The van der Waals surface area contributed by atoms with Crippen molar-refractivity contribution >= 4 is 29.4 Å². The molecule has 0 aliphatic carbocycles. The highest BCUT2D eigenvalue weighted by molar-refractivity contribution is 5.80. The first-order valence-corrected chi connectivity index (χ1v) is 7.58. The van der Waals surface area contributed by atoms with E-state index in [4.69, 9.17) is 0 Å². The molecule has 2 nitrogen and oxygen atoms in total. The van der Waals surface area contributed by atoms with E-state index in [0.29, 0.717) is 0 Å². The molecule has 0 heterocycles. The van der Waals surface area contributed by atoms with Crippen LogP contribution >= 0.6 is 0 Å². The van der Waals surface area contributed by atoms with Crippen molar-refractivity contribution in [1.82, 2.24) is 0 Å². The van der Waals surface area contributed by atoms with Crippen LogP contribution in [0.1, 0.15) is 5.56 Å². The first kappa shape index (κ1) is 14.8. The molecule has 3 rings (SSSR count). The smallest absolute Gasteiger partial charge is 0.0631 e. The average Bonchev–Trinajstić information content (AvgIpc) is 2.62. The van der Waals surface area contributed by atoms with Gasteiger partial charge in [-0.1, -0.05) is 54.6 Å². The Labute approximate surface area is 136 Å². The van der Waals surface area contributed by atoms with E-state index in [1.807, 2.05) is 91.2 Å². The SMILES string of the molecule is C(=Cc1ccccc1)C=Nc1ccc(Nc2ccccc2)cc1. The van der Waals surface area contributed by atoms with Crippen LogP contribution in [0.15, 0.2) is 96.0 Å². The second-order valence-electron chi connectivity index (χ2n) is 5.09. The molecule has 2 heteroatoms. The number of nitrogens with one attached hydrogen (secondary N) is 1. The zero-order valence-corrected chi connectivity index (χ0v) is 12.8. The van der Waals surface area contributed by atoms with Crippen LogP contribution < -0.4 is 5.32 Å². The van der Waals surface area contributed by atoms with E-state index in [9.17, 15) is 0 Å². The Bertz CT molecular complexity index is 773. The molecule has 0 spiro atoms. The Kier molecular flexibility index (Phi) is 4.99. The largest absolute Gasteiger partial charge is 0.356 e. The molecule has 0 unspecified atom stereocenters. The Morgan fingerprint density at radius 3 is 1.96 bits per heavy atom. The predicted octanol–water partition coefficient (Wildman–Crippen LogP) is 5.85. The van der Waals surface area contributed by atoms with Gasteiger partial charge in [-0.3, -0.25) is 4.99 Å². The van der Waals surface area contributed by atoms with Gasteiger partial charge in [0.05, 0.1) is 5.69 Å². The minimum Gasteiger partial charge on any atom is -0.356 e. The first-order chi connectivity index (χ1) is 11.4. The normalized spacial score (nSPS) is 11.1. The molecule has 0 aliphatic heterocycles. The molecule has 1 N–H and O–H groups in total. The van der Waals surface area contributed by atoms with E-state index in [1.165, 1.54) is 5.56 Å². The number of rotatable bonds is 5. The maximum absolute atomic E-state index is 4.43. The third-order valence-corrected chi connectivity index (χ3v) is 3.33. The molecular weight excluding hydrogens is 280 g/mol. The fourth-order valence-electron chi connectivity index (χ4n) is 2.17. The number of nitrogens with zero attached hydrogens (tertiary/aromatic N) is 1. The van der Waals surface area contributed by atoms with Gasteiger partial charge in [0, 0.05) is 17.6 Å². The highest BCUT2D eigenvalue weighted by atomic mass is 14.9. The molecule has 3 aromatic rings. The van der Waals surface area contributed by atoms with Crippen molar-refractivity contribution in [3.8, 4) is 0 Å². The minimum atomic E-state index is 0.932. The predicted molar refractivity (Wildman–Crippen MR) is 99.8 cm³/mol. The number of hydrogen-bond acceptors (Lipinski definition) is 2. The topological polar surface area (TPSA) is 24.4 Å². The second-order valence-corrected chi connectivity index (χ2v) is 5.09. The number of benzene rings is 3. The van der Waals surface area contributed by atoms with Crippen molar-refractivity contribution in [3.63, 3.8) is 0 Å². The molecule has 0 aliphatic rings. The molecular formula is C21H18N2. The number of anilines is 2. The summed E-state index contributed by atoms with van der Waals surface area (Å²) in [6.07, 6.45) is 5.80. The molecule has 0 amide bonds. The number of allylic oxidation sites excluding steroid dienone is 1. The molecule has 0 fully saturated rings. The lowest BCUT2D eigenvalue weighted by molar-refractivity contribution is 1.50. The molecule has 23 heavy (non-hydrogen) atoms. The lowest BCUT2D eigenvalue weighted by Crippen LogP contribution is -1.88. The van der Waals surface area contributed by atoms with Crippen LogP contribution in [-0.4, -0.2) is 6.21 Å². The van der Waals surface area contributed by atoms with Crippen LogP contribution in [0.3, 0.4) is 0 Å². The maximum atomic E-state index is 4.43. The van der Waals surface area contributed by atoms with Crippen LogP contribution in [0.5, 0.6) is 0 Å². The first-order valence-electron chi connectivity index (χ1n) is 7.58. The summed E-state index contributed by atoms with van der Waals surface area (Å²) in [6, 6.07) is 28.4. The summed E-state index contributed by atoms with van der Waals surface area (Å²) in [6.45, 7) is 0. The van der Waals surface area contributed by atoms with Crippen LogP contribution in [0.4, 0.5) is 17.1 Å². The van der Waals surface area contributed by atoms with Crippen LogP contribution in [-0.2, 0) is 0 Å². The van der Waals surface area contributed by atoms with E-state index in [2.05, 4.69) is 22.4 Å². The molecule has 0 atom stereocenters. The van der Waals surface area contributed by atoms with Crippen LogP contribution in [0.25, 0.3) is 6.08 Å². The van der Waals surface area contributed by atoms with Gasteiger partial charge in [0.1, 0.15) is 0 Å². The monoisotopic (exact) mass is 298 g/mol. The fourth-order valence-corrected chi connectivity index (χ4v) is 2.17. The molecule has 3 aromatic carbocycles. The zero-order valence-electron chi connectivity index (χ0n) is 12.8. The maximum Gasteiger partial charge on any atom is 0.0631 e. The third-order valence-electron chi connectivity index (χ3n) is 3.33. The van der Waals surface area contributed by atoms with Gasteiger partial charge in [-0.25, -0.2) is 0 Å². The van der Waals surface area contributed by atoms with Gasteiger partial charge in [0.2, 0.25) is 0 Å². The van der Waals surface area contributed by atoms with Crippen molar-refractivity contribution in [2.75, 3.05) is 5.32 Å². The lowest BCUT2D eigenvalue weighted by atomic mass is 10.2. The number of para-hydroxylation sites is 1. The van der Waals surface area contributed by atoms with E-state index >= 15 is 0 Å².